The van der Waals surface area contributed by atoms with Gasteiger partial charge in [0.25, 0.3) is 0 Å². The van der Waals surface area contributed by atoms with Crippen molar-refractivity contribution in [3.05, 3.63) is 29.8 Å². The molecule has 0 heterocycles. The van der Waals surface area contributed by atoms with Gasteiger partial charge in [0.05, 0.1) is 6.61 Å². The number of nitrogens with zero attached hydrogens (tertiary/aromatic N) is 1. The van der Waals surface area contributed by atoms with Gasteiger partial charge in [-0.25, -0.2) is 0 Å². The van der Waals surface area contributed by atoms with E-state index in [0.29, 0.717) is 0 Å². The summed E-state index contributed by atoms with van der Waals surface area (Å²) in [4.78, 5) is 2.22. The summed E-state index contributed by atoms with van der Waals surface area (Å²) < 4.78 is 5.61. The molecule has 0 bridgehead atoms. The van der Waals surface area contributed by atoms with E-state index < -0.39 is 0 Å². The molecule has 0 aliphatic carbocycles. The lowest BCUT2D eigenvalue weighted by Gasteiger charge is -2.10. The van der Waals surface area contributed by atoms with Gasteiger partial charge in [-0.3, -0.25) is 0 Å². The van der Waals surface area contributed by atoms with E-state index in [-0.39, 0.29) is 0 Å². The summed E-state index contributed by atoms with van der Waals surface area (Å²) >= 11 is 0. The van der Waals surface area contributed by atoms with Crippen molar-refractivity contribution in [3.63, 3.8) is 0 Å². The molecule has 2 nitrogen and oxygen atoms in total. The van der Waals surface area contributed by atoms with Crippen LogP contribution in [0.1, 0.15) is 25.3 Å². The van der Waals surface area contributed by atoms with E-state index in [0.717, 1.165) is 31.7 Å². The molecule has 0 aliphatic heterocycles. The molecule has 0 aliphatic rings. The van der Waals surface area contributed by atoms with E-state index >= 15 is 0 Å². The van der Waals surface area contributed by atoms with E-state index in [4.69, 9.17) is 4.74 Å². The maximum absolute atomic E-state index is 5.61. The highest BCUT2D eigenvalue weighted by atomic mass is 16.5. The van der Waals surface area contributed by atoms with Crippen molar-refractivity contribution in [1.29, 1.82) is 0 Å². The predicted octanol–water partition coefficient (Wildman–Crippen LogP) is 2.97. The van der Waals surface area contributed by atoms with Gasteiger partial charge in [-0.05, 0) is 57.6 Å². The lowest BCUT2D eigenvalue weighted by atomic mass is 10.1. The van der Waals surface area contributed by atoms with Gasteiger partial charge < -0.3 is 9.64 Å². The standard InChI is InChI=1S/C14H23NO/c1-4-11-16-14-9-5-7-13(12-14)8-6-10-15(2)3/h5,7,9,12H,4,6,8,10-11H2,1-3H3. The molecule has 1 rings (SSSR count). The summed E-state index contributed by atoms with van der Waals surface area (Å²) in [5.41, 5.74) is 1.37. The van der Waals surface area contributed by atoms with Crippen LogP contribution in [-0.4, -0.2) is 32.1 Å². The average molecular weight is 221 g/mol. The largest absolute Gasteiger partial charge is 0.494 e. The highest BCUT2D eigenvalue weighted by Gasteiger charge is 1.97. The van der Waals surface area contributed by atoms with Crippen molar-refractivity contribution in [1.82, 2.24) is 4.90 Å². The first-order valence-corrected chi connectivity index (χ1v) is 6.09. The van der Waals surface area contributed by atoms with Crippen molar-refractivity contribution in [3.8, 4) is 5.75 Å². The lowest BCUT2D eigenvalue weighted by molar-refractivity contribution is 0.317. The minimum absolute atomic E-state index is 0.807. The fraction of sp³-hybridized carbons (Fsp3) is 0.571. The Kier molecular flexibility index (Phi) is 5.94. The molecule has 16 heavy (non-hydrogen) atoms. The summed E-state index contributed by atoms with van der Waals surface area (Å²) in [6.45, 7) is 4.07. The molecular formula is C14H23NO. The molecule has 0 saturated carbocycles. The third-order valence-corrected chi connectivity index (χ3v) is 2.44. The van der Waals surface area contributed by atoms with Gasteiger partial charge in [0.15, 0.2) is 0 Å². The minimum Gasteiger partial charge on any atom is -0.494 e. The van der Waals surface area contributed by atoms with Crippen LogP contribution in [-0.2, 0) is 6.42 Å². The van der Waals surface area contributed by atoms with Gasteiger partial charge >= 0.3 is 0 Å². The molecule has 0 atom stereocenters. The molecule has 0 unspecified atom stereocenters. The van der Waals surface area contributed by atoms with Gasteiger partial charge in [0.2, 0.25) is 0 Å². The molecule has 90 valence electrons. The number of ether oxygens (including phenoxy) is 1. The zero-order valence-corrected chi connectivity index (χ0v) is 10.7. The Bertz CT molecular complexity index is 297. The highest BCUT2D eigenvalue weighted by Crippen LogP contribution is 2.14. The number of aryl methyl sites for hydroxylation is 1. The second kappa shape index (κ2) is 7.29. The molecule has 0 fully saturated rings. The van der Waals surface area contributed by atoms with E-state index in [1.165, 1.54) is 12.0 Å². The van der Waals surface area contributed by atoms with Crippen LogP contribution in [0.15, 0.2) is 24.3 Å². The Balaban J connectivity index is 2.40. The molecule has 0 N–H and O–H groups in total. The van der Waals surface area contributed by atoms with Crippen molar-refractivity contribution >= 4 is 0 Å². The number of benzene rings is 1. The number of rotatable bonds is 7. The Hall–Kier alpha value is -1.02. The molecule has 1 aromatic carbocycles. The van der Waals surface area contributed by atoms with Gasteiger partial charge in [0, 0.05) is 0 Å². The first-order valence-electron chi connectivity index (χ1n) is 6.09. The van der Waals surface area contributed by atoms with Gasteiger partial charge in [-0.2, -0.15) is 0 Å². The molecule has 0 spiro atoms. The van der Waals surface area contributed by atoms with Gasteiger partial charge in [-0.1, -0.05) is 19.1 Å². The SMILES string of the molecule is CCCOc1cccc(CCCN(C)C)c1. The smallest absolute Gasteiger partial charge is 0.119 e. The molecule has 0 aromatic heterocycles. The van der Waals surface area contributed by atoms with Crippen LogP contribution in [0, 0.1) is 0 Å². The summed E-state index contributed by atoms with van der Waals surface area (Å²) in [6, 6.07) is 8.45. The summed E-state index contributed by atoms with van der Waals surface area (Å²) in [5, 5.41) is 0. The quantitative estimate of drug-likeness (QED) is 0.702. The van der Waals surface area contributed by atoms with E-state index in [1.807, 2.05) is 6.07 Å². The maximum atomic E-state index is 5.61. The monoisotopic (exact) mass is 221 g/mol. The van der Waals surface area contributed by atoms with Crippen LogP contribution in [0.4, 0.5) is 0 Å². The number of hydrogen-bond acceptors (Lipinski definition) is 2. The van der Waals surface area contributed by atoms with Crippen LogP contribution in [0.2, 0.25) is 0 Å². The zero-order valence-electron chi connectivity index (χ0n) is 10.7. The van der Waals surface area contributed by atoms with Crippen LogP contribution in [0.25, 0.3) is 0 Å². The second-order valence-electron chi connectivity index (χ2n) is 4.40. The van der Waals surface area contributed by atoms with Crippen LogP contribution >= 0.6 is 0 Å². The Morgan fingerprint density at radius 2 is 2.06 bits per heavy atom. The molecule has 0 amide bonds. The molecule has 1 aromatic rings. The predicted molar refractivity (Wildman–Crippen MR) is 69.1 cm³/mol. The normalized spacial score (nSPS) is 10.8. The van der Waals surface area contributed by atoms with Gasteiger partial charge in [0.1, 0.15) is 5.75 Å². The fourth-order valence-electron chi connectivity index (χ4n) is 1.61. The highest BCUT2D eigenvalue weighted by molar-refractivity contribution is 5.28. The Morgan fingerprint density at radius 3 is 2.75 bits per heavy atom. The van der Waals surface area contributed by atoms with Crippen molar-refractivity contribution in [2.75, 3.05) is 27.2 Å². The first kappa shape index (κ1) is 13.0. The Morgan fingerprint density at radius 1 is 1.25 bits per heavy atom. The van der Waals surface area contributed by atoms with E-state index in [1.54, 1.807) is 0 Å². The van der Waals surface area contributed by atoms with E-state index in [2.05, 4.69) is 44.1 Å². The summed E-state index contributed by atoms with van der Waals surface area (Å²) in [7, 11) is 4.22. The van der Waals surface area contributed by atoms with Crippen LogP contribution in [0.3, 0.4) is 0 Å². The summed E-state index contributed by atoms with van der Waals surface area (Å²) in [6.07, 6.45) is 3.39. The van der Waals surface area contributed by atoms with Crippen molar-refractivity contribution in [2.24, 2.45) is 0 Å². The Labute approximate surface area is 99.2 Å². The van der Waals surface area contributed by atoms with Crippen LogP contribution < -0.4 is 4.74 Å². The molecule has 0 saturated heterocycles. The molecular weight excluding hydrogens is 198 g/mol. The van der Waals surface area contributed by atoms with Crippen molar-refractivity contribution in [2.45, 2.75) is 26.2 Å². The van der Waals surface area contributed by atoms with Crippen molar-refractivity contribution < 1.29 is 4.74 Å². The second-order valence-corrected chi connectivity index (χ2v) is 4.40. The third-order valence-electron chi connectivity index (χ3n) is 2.44. The first-order chi connectivity index (χ1) is 7.72. The fourth-order valence-corrected chi connectivity index (χ4v) is 1.61. The molecule has 2 heteroatoms. The van der Waals surface area contributed by atoms with E-state index in [9.17, 15) is 0 Å². The van der Waals surface area contributed by atoms with Gasteiger partial charge in [-0.15, -0.1) is 0 Å². The lowest BCUT2D eigenvalue weighted by Crippen LogP contribution is -2.13. The maximum Gasteiger partial charge on any atom is 0.119 e. The summed E-state index contributed by atoms with van der Waals surface area (Å²) in [5.74, 6) is 1.00. The van der Waals surface area contributed by atoms with Crippen LogP contribution in [0.5, 0.6) is 5.75 Å². The third kappa shape index (κ3) is 5.17. The number of hydrogen-bond donors (Lipinski definition) is 0. The average Bonchev–Trinajstić information content (AvgIpc) is 2.26. The molecule has 0 radical (unpaired) electrons. The minimum atomic E-state index is 0.807. The topological polar surface area (TPSA) is 12.5 Å². The zero-order chi connectivity index (χ0) is 11.8.